The molecule has 1 unspecified atom stereocenters. The molecule has 0 heterocycles. The fraction of sp³-hybridized carbons (Fsp3) is 0.866. The van der Waals surface area contributed by atoms with Gasteiger partial charge >= 0.3 is 17.9 Å². The molecule has 0 aromatic carbocycles. The van der Waals surface area contributed by atoms with E-state index < -0.39 is 6.10 Å². The number of unbranched alkanes of at least 4 members (excludes halogenated alkanes) is 43. The van der Waals surface area contributed by atoms with Crippen LogP contribution < -0.4 is 0 Å². The maximum atomic E-state index is 12.9. The Kier molecular flexibility index (Phi) is 60.2. The van der Waals surface area contributed by atoms with Crippen molar-refractivity contribution in [1.29, 1.82) is 0 Å². The molecule has 0 aromatic heterocycles. The second-order valence-corrected chi connectivity index (χ2v) is 22.0. The van der Waals surface area contributed by atoms with E-state index >= 15 is 0 Å². The maximum Gasteiger partial charge on any atom is 0.306 e. The molecule has 0 amide bonds. The van der Waals surface area contributed by atoms with Gasteiger partial charge in [0.05, 0.1) is 0 Å². The smallest absolute Gasteiger partial charge is 0.306 e. The summed E-state index contributed by atoms with van der Waals surface area (Å²) in [5.74, 6) is -0.872. The lowest BCUT2D eigenvalue weighted by molar-refractivity contribution is -0.167. The number of carbonyl (C=O) groups excluding carboxylic acids is 3. The normalized spacial score (nSPS) is 12.2. The van der Waals surface area contributed by atoms with E-state index in [-0.39, 0.29) is 31.1 Å². The van der Waals surface area contributed by atoms with Gasteiger partial charge in [-0.2, -0.15) is 0 Å². The number of hydrogen-bond acceptors (Lipinski definition) is 6. The van der Waals surface area contributed by atoms with Crippen LogP contribution in [0.2, 0.25) is 0 Å². The van der Waals surface area contributed by atoms with Gasteiger partial charge in [-0.05, 0) is 70.6 Å². The number of esters is 3. The minimum absolute atomic E-state index is 0.0742. The fourth-order valence-electron chi connectivity index (χ4n) is 9.69. The van der Waals surface area contributed by atoms with Crippen molar-refractivity contribution < 1.29 is 28.6 Å². The molecule has 73 heavy (non-hydrogen) atoms. The zero-order valence-electron chi connectivity index (χ0n) is 49.2. The number of rotatable bonds is 60. The third kappa shape index (κ3) is 60.4. The van der Waals surface area contributed by atoms with Crippen molar-refractivity contribution in [2.24, 2.45) is 0 Å². The monoisotopic (exact) mass is 1020 g/mol. The van der Waals surface area contributed by atoms with Crippen LogP contribution in [0.4, 0.5) is 0 Å². The Morgan fingerprint density at radius 2 is 0.507 bits per heavy atom. The van der Waals surface area contributed by atoms with Crippen LogP contribution in [0.3, 0.4) is 0 Å². The molecular weight excluding hydrogens is 901 g/mol. The van der Waals surface area contributed by atoms with Crippen molar-refractivity contribution in [3.05, 3.63) is 36.5 Å². The van der Waals surface area contributed by atoms with Gasteiger partial charge < -0.3 is 14.2 Å². The van der Waals surface area contributed by atoms with Gasteiger partial charge in [-0.1, -0.05) is 301 Å². The van der Waals surface area contributed by atoms with Gasteiger partial charge in [-0.25, -0.2) is 0 Å². The number of allylic oxidation sites excluding steroid dienone is 6. The van der Waals surface area contributed by atoms with Crippen molar-refractivity contribution >= 4 is 17.9 Å². The Balaban J connectivity index is 4.16. The Hall–Kier alpha value is -2.37. The van der Waals surface area contributed by atoms with Crippen molar-refractivity contribution in [3.63, 3.8) is 0 Å². The first-order chi connectivity index (χ1) is 36.0. The van der Waals surface area contributed by atoms with Crippen LogP contribution in [0, 0.1) is 0 Å². The van der Waals surface area contributed by atoms with Crippen LogP contribution in [-0.2, 0) is 28.6 Å². The Labute approximate surface area is 455 Å². The fourth-order valence-corrected chi connectivity index (χ4v) is 9.69. The molecule has 0 rings (SSSR count). The molecule has 1 atom stereocenters. The molecule has 6 heteroatoms. The summed E-state index contributed by atoms with van der Waals surface area (Å²) in [6, 6.07) is 0. The first-order valence-electron chi connectivity index (χ1n) is 32.5. The van der Waals surface area contributed by atoms with Gasteiger partial charge in [0.15, 0.2) is 6.10 Å². The average Bonchev–Trinajstić information content (AvgIpc) is 3.39. The largest absolute Gasteiger partial charge is 0.462 e. The highest BCUT2D eigenvalue weighted by molar-refractivity contribution is 5.71. The highest BCUT2D eigenvalue weighted by Gasteiger charge is 2.19. The van der Waals surface area contributed by atoms with Crippen molar-refractivity contribution in [1.82, 2.24) is 0 Å². The molecule has 0 radical (unpaired) electrons. The van der Waals surface area contributed by atoms with Crippen LogP contribution in [-0.4, -0.2) is 37.2 Å². The maximum absolute atomic E-state index is 12.9. The van der Waals surface area contributed by atoms with Gasteiger partial charge in [0, 0.05) is 19.3 Å². The minimum atomic E-state index is -0.777. The van der Waals surface area contributed by atoms with Gasteiger partial charge in [0.25, 0.3) is 0 Å². The van der Waals surface area contributed by atoms with Crippen LogP contribution in [0.15, 0.2) is 36.5 Å². The summed E-state index contributed by atoms with van der Waals surface area (Å²) in [5, 5.41) is 0. The lowest BCUT2D eigenvalue weighted by atomic mass is 10.0. The molecule has 0 fully saturated rings. The van der Waals surface area contributed by atoms with Crippen molar-refractivity contribution in [2.75, 3.05) is 13.2 Å². The summed E-state index contributed by atoms with van der Waals surface area (Å²) < 4.78 is 16.9. The molecular formula is C67H124O6. The van der Waals surface area contributed by atoms with E-state index in [9.17, 15) is 14.4 Å². The Bertz CT molecular complexity index is 1220. The van der Waals surface area contributed by atoms with E-state index in [1.807, 2.05) is 0 Å². The molecule has 6 nitrogen and oxygen atoms in total. The summed E-state index contributed by atoms with van der Waals surface area (Å²) in [6.45, 7) is 6.62. The van der Waals surface area contributed by atoms with Crippen molar-refractivity contribution in [2.45, 2.75) is 361 Å². The summed E-state index contributed by atoms with van der Waals surface area (Å²) >= 11 is 0. The molecule has 0 N–H and O–H groups in total. The Morgan fingerprint density at radius 1 is 0.274 bits per heavy atom. The zero-order valence-corrected chi connectivity index (χ0v) is 49.2. The van der Waals surface area contributed by atoms with E-state index in [0.717, 1.165) is 77.0 Å². The second-order valence-electron chi connectivity index (χ2n) is 22.0. The lowest BCUT2D eigenvalue weighted by Crippen LogP contribution is -2.30. The molecule has 0 aromatic rings. The highest BCUT2D eigenvalue weighted by atomic mass is 16.6. The molecule has 0 aliphatic rings. The van der Waals surface area contributed by atoms with Crippen LogP contribution in [0.25, 0.3) is 0 Å². The molecule has 0 spiro atoms. The van der Waals surface area contributed by atoms with Crippen LogP contribution >= 0.6 is 0 Å². The molecule has 0 saturated heterocycles. The third-order valence-corrected chi connectivity index (χ3v) is 14.6. The Morgan fingerprint density at radius 3 is 0.836 bits per heavy atom. The first kappa shape index (κ1) is 70.6. The zero-order chi connectivity index (χ0) is 52.9. The van der Waals surface area contributed by atoms with Crippen molar-refractivity contribution in [3.8, 4) is 0 Å². The van der Waals surface area contributed by atoms with Gasteiger partial charge in [-0.15, -0.1) is 0 Å². The summed E-state index contributed by atoms with van der Waals surface area (Å²) in [4.78, 5) is 38.2. The van der Waals surface area contributed by atoms with Gasteiger partial charge in [0.1, 0.15) is 13.2 Å². The summed E-state index contributed by atoms with van der Waals surface area (Å²) in [6.07, 6.45) is 76.0. The van der Waals surface area contributed by atoms with E-state index in [1.54, 1.807) is 0 Å². The quantitative estimate of drug-likeness (QED) is 0.0261. The summed E-state index contributed by atoms with van der Waals surface area (Å²) in [5.41, 5.74) is 0. The first-order valence-corrected chi connectivity index (χ1v) is 32.5. The number of hydrogen-bond donors (Lipinski definition) is 0. The van der Waals surface area contributed by atoms with Crippen LogP contribution in [0.1, 0.15) is 355 Å². The highest BCUT2D eigenvalue weighted by Crippen LogP contribution is 2.18. The van der Waals surface area contributed by atoms with E-state index in [4.69, 9.17) is 14.2 Å². The van der Waals surface area contributed by atoms with Crippen LogP contribution in [0.5, 0.6) is 0 Å². The van der Waals surface area contributed by atoms with E-state index in [2.05, 4.69) is 57.2 Å². The number of carbonyl (C=O) groups is 3. The molecule has 0 bridgehead atoms. The average molecular weight is 1030 g/mol. The standard InChI is InChI=1S/C67H124O6/c1-4-7-10-13-16-19-22-24-26-28-29-30-31-32-33-34-35-36-37-39-40-42-45-48-51-54-57-60-66(69)72-63-64(62-71-65(68)59-56-53-50-47-44-21-18-15-12-9-6-3)73-67(70)61-58-55-52-49-46-43-41-38-27-25-23-20-17-14-11-8-5-2/h15,17-18,20,25,27,64H,4-14,16,19,21-24,26,28-63H2,1-3H3/b18-15-,20-17-,27-25-. The SMILES string of the molecule is CCCC/C=C\CCCCCCCC(=O)OCC(COC(=O)CCCCCCCCCCCCCCCCCCCCCCCCCCCCC)OC(=O)CCCCCCCCC/C=C\C/C=C\CCCCC. The summed E-state index contributed by atoms with van der Waals surface area (Å²) in [7, 11) is 0. The molecule has 428 valence electrons. The molecule has 0 aliphatic heterocycles. The predicted molar refractivity (Wildman–Crippen MR) is 316 cm³/mol. The number of ether oxygens (including phenoxy) is 3. The van der Waals surface area contributed by atoms with E-state index in [1.165, 1.54) is 238 Å². The predicted octanol–water partition coefficient (Wildman–Crippen LogP) is 22.0. The third-order valence-electron chi connectivity index (χ3n) is 14.6. The minimum Gasteiger partial charge on any atom is -0.462 e. The van der Waals surface area contributed by atoms with Gasteiger partial charge in [-0.3, -0.25) is 14.4 Å². The molecule has 0 saturated carbocycles. The second kappa shape index (κ2) is 62.2. The van der Waals surface area contributed by atoms with E-state index in [0.29, 0.717) is 19.3 Å². The molecule has 0 aliphatic carbocycles. The van der Waals surface area contributed by atoms with Gasteiger partial charge in [0.2, 0.25) is 0 Å². The topological polar surface area (TPSA) is 78.9 Å². The lowest BCUT2D eigenvalue weighted by Gasteiger charge is -2.18.